The second-order valence-corrected chi connectivity index (χ2v) is 4.36. The third-order valence-corrected chi connectivity index (χ3v) is 2.78. The van der Waals surface area contributed by atoms with Crippen molar-refractivity contribution in [3.05, 3.63) is 69.3 Å². The maximum atomic E-state index is 13.6. The number of nitro benzene ring substituents is 1. The molecular weight excluding hydrogens is 282 g/mol. The lowest BCUT2D eigenvalue weighted by atomic mass is 10.1. The van der Waals surface area contributed by atoms with Gasteiger partial charge in [0, 0.05) is 6.07 Å². The highest BCUT2D eigenvalue weighted by Gasteiger charge is 2.16. The molecular formula is C14H10F2N2O3. The number of hydrogen-bond donors (Lipinski definition) is 1. The second kappa shape index (κ2) is 5.66. The fourth-order valence-corrected chi connectivity index (χ4v) is 1.71. The molecule has 0 aliphatic rings. The molecule has 0 aliphatic carbocycles. The normalized spacial score (nSPS) is 10.2. The van der Waals surface area contributed by atoms with Crippen molar-refractivity contribution in [3.63, 3.8) is 0 Å². The maximum Gasteiger partial charge on any atom is 0.272 e. The van der Waals surface area contributed by atoms with Crippen molar-refractivity contribution in [2.45, 2.75) is 6.92 Å². The Bertz CT molecular complexity index is 732. The lowest BCUT2D eigenvalue weighted by Gasteiger charge is -2.07. The summed E-state index contributed by atoms with van der Waals surface area (Å²) >= 11 is 0. The number of hydrogen-bond acceptors (Lipinski definition) is 3. The van der Waals surface area contributed by atoms with Crippen molar-refractivity contribution < 1.29 is 18.5 Å². The number of nitrogens with one attached hydrogen (secondary N) is 1. The van der Waals surface area contributed by atoms with Gasteiger partial charge in [-0.15, -0.1) is 0 Å². The highest BCUT2D eigenvalue weighted by molar-refractivity contribution is 6.04. The fourth-order valence-electron chi connectivity index (χ4n) is 1.71. The van der Waals surface area contributed by atoms with Gasteiger partial charge in [-0.1, -0.05) is 6.07 Å². The molecule has 5 nitrogen and oxygen atoms in total. The van der Waals surface area contributed by atoms with E-state index in [2.05, 4.69) is 5.32 Å². The number of carbonyl (C=O) groups excluding carboxylic acids is 1. The van der Waals surface area contributed by atoms with Gasteiger partial charge in [-0.2, -0.15) is 0 Å². The van der Waals surface area contributed by atoms with Crippen LogP contribution in [0.4, 0.5) is 20.2 Å². The summed E-state index contributed by atoms with van der Waals surface area (Å²) in [5.74, 6) is -2.53. The van der Waals surface area contributed by atoms with E-state index in [1.807, 2.05) is 0 Å². The molecule has 2 aromatic rings. The monoisotopic (exact) mass is 292 g/mol. The zero-order chi connectivity index (χ0) is 15.6. The number of benzene rings is 2. The van der Waals surface area contributed by atoms with Crippen molar-refractivity contribution in [2.24, 2.45) is 0 Å². The van der Waals surface area contributed by atoms with Crippen molar-refractivity contribution in [2.75, 3.05) is 5.32 Å². The fraction of sp³-hybridized carbons (Fsp3) is 0.0714. The van der Waals surface area contributed by atoms with E-state index in [0.717, 1.165) is 12.1 Å². The van der Waals surface area contributed by atoms with Gasteiger partial charge in [0.25, 0.3) is 11.6 Å². The van der Waals surface area contributed by atoms with E-state index in [0.29, 0.717) is 11.6 Å². The van der Waals surface area contributed by atoms with Crippen LogP contribution in [0.25, 0.3) is 0 Å². The highest BCUT2D eigenvalue weighted by atomic mass is 19.1. The van der Waals surface area contributed by atoms with Crippen LogP contribution in [0.1, 0.15) is 15.9 Å². The molecule has 2 rings (SSSR count). The minimum atomic E-state index is -0.968. The first-order chi connectivity index (χ1) is 9.88. The van der Waals surface area contributed by atoms with Crippen LogP contribution in [0.15, 0.2) is 36.4 Å². The molecule has 0 radical (unpaired) electrons. The summed E-state index contributed by atoms with van der Waals surface area (Å²) in [6, 6.07) is 6.79. The number of anilines is 1. The molecule has 7 heteroatoms. The van der Waals surface area contributed by atoms with Gasteiger partial charge in [0.15, 0.2) is 5.82 Å². The largest absolute Gasteiger partial charge is 0.319 e. The van der Waals surface area contributed by atoms with Crippen molar-refractivity contribution in [3.8, 4) is 0 Å². The second-order valence-electron chi connectivity index (χ2n) is 4.36. The molecule has 0 bridgehead atoms. The molecule has 0 atom stereocenters. The lowest BCUT2D eigenvalue weighted by Crippen LogP contribution is -2.15. The van der Waals surface area contributed by atoms with Crippen LogP contribution in [-0.2, 0) is 0 Å². The van der Waals surface area contributed by atoms with Crippen LogP contribution in [-0.4, -0.2) is 10.8 Å². The number of nitrogens with zero attached hydrogens (tertiary/aromatic N) is 1. The molecule has 2 aromatic carbocycles. The Morgan fingerprint density at radius 1 is 1.14 bits per heavy atom. The predicted octanol–water partition coefficient (Wildman–Crippen LogP) is 3.43. The van der Waals surface area contributed by atoms with Crippen LogP contribution >= 0.6 is 0 Å². The minimum absolute atomic E-state index is 0.238. The van der Waals surface area contributed by atoms with E-state index in [1.54, 1.807) is 13.0 Å². The zero-order valence-corrected chi connectivity index (χ0v) is 10.9. The van der Waals surface area contributed by atoms with Gasteiger partial charge in [0.05, 0.1) is 22.2 Å². The number of non-ortho nitro benzene ring substituents is 1. The third-order valence-electron chi connectivity index (χ3n) is 2.78. The number of halogens is 2. The Morgan fingerprint density at radius 3 is 2.43 bits per heavy atom. The summed E-state index contributed by atoms with van der Waals surface area (Å²) in [4.78, 5) is 21.6. The van der Waals surface area contributed by atoms with Gasteiger partial charge in [-0.3, -0.25) is 14.9 Å². The number of rotatable bonds is 3. The molecule has 0 aliphatic heterocycles. The van der Waals surface area contributed by atoms with Crippen LogP contribution in [0.5, 0.6) is 0 Å². The molecule has 0 saturated carbocycles. The van der Waals surface area contributed by atoms with E-state index in [4.69, 9.17) is 0 Å². The van der Waals surface area contributed by atoms with Crippen LogP contribution in [0.3, 0.4) is 0 Å². The smallest absolute Gasteiger partial charge is 0.272 e. The molecule has 0 saturated heterocycles. The first-order valence-corrected chi connectivity index (χ1v) is 5.90. The molecule has 1 N–H and O–H groups in total. The molecule has 1 amide bonds. The van der Waals surface area contributed by atoms with Crippen molar-refractivity contribution in [1.82, 2.24) is 0 Å². The minimum Gasteiger partial charge on any atom is -0.319 e. The third kappa shape index (κ3) is 3.19. The topological polar surface area (TPSA) is 72.2 Å². The molecule has 0 unspecified atom stereocenters. The highest BCUT2D eigenvalue weighted by Crippen LogP contribution is 2.21. The molecule has 0 spiro atoms. The van der Waals surface area contributed by atoms with Gasteiger partial charge in [0.2, 0.25) is 0 Å². The molecule has 0 aromatic heterocycles. The van der Waals surface area contributed by atoms with Gasteiger partial charge in [0.1, 0.15) is 5.82 Å². The van der Waals surface area contributed by atoms with Gasteiger partial charge in [-0.05, 0) is 30.7 Å². The standard InChI is InChI=1S/C14H10F2N2O3/c1-8-2-4-10(11(15)6-8)14(19)17-13-5-3-9(18(20)21)7-12(13)16/h2-7H,1H3,(H,17,19). The van der Waals surface area contributed by atoms with Crippen LogP contribution in [0.2, 0.25) is 0 Å². The van der Waals surface area contributed by atoms with E-state index >= 15 is 0 Å². The van der Waals surface area contributed by atoms with Gasteiger partial charge >= 0.3 is 0 Å². The Labute approximate surface area is 118 Å². The maximum absolute atomic E-state index is 13.6. The summed E-state index contributed by atoms with van der Waals surface area (Å²) in [7, 11) is 0. The summed E-state index contributed by atoms with van der Waals surface area (Å²) < 4.78 is 27.3. The Morgan fingerprint density at radius 2 is 1.86 bits per heavy atom. The predicted molar refractivity (Wildman–Crippen MR) is 72.1 cm³/mol. The number of aryl methyl sites for hydroxylation is 1. The molecule has 21 heavy (non-hydrogen) atoms. The summed E-state index contributed by atoms with van der Waals surface area (Å²) in [5, 5.41) is 12.7. The molecule has 0 fully saturated rings. The SMILES string of the molecule is Cc1ccc(C(=O)Nc2ccc([N+](=O)[O-])cc2F)c(F)c1. The Balaban J connectivity index is 2.25. The van der Waals surface area contributed by atoms with E-state index < -0.39 is 28.2 Å². The summed E-state index contributed by atoms with van der Waals surface area (Å²) in [6.07, 6.45) is 0. The molecule has 0 heterocycles. The first-order valence-electron chi connectivity index (χ1n) is 5.90. The number of carbonyl (C=O) groups is 1. The summed E-state index contributed by atoms with van der Waals surface area (Å²) in [6.45, 7) is 1.67. The van der Waals surface area contributed by atoms with Gasteiger partial charge in [-0.25, -0.2) is 8.78 Å². The van der Waals surface area contributed by atoms with Crippen LogP contribution in [0, 0.1) is 28.7 Å². The first kappa shape index (κ1) is 14.6. The zero-order valence-electron chi connectivity index (χ0n) is 10.9. The quantitative estimate of drug-likeness (QED) is 0.695. The van der Waals surface area contributed by atoms with E-state index in [1.165, 1.54) is 12.1 Å². The Kier molecular flexibility index (Phi) is 3.93. The average molecular weight is 292 g/mol. The number of nitro groups is 1. The molecule has 108 valence electrons. The number of amides is 1. The average Bonchev–Trinajstić information content (AvgIpc) is 2.40. The van der Waals surface area contributed by atoms with E-state index in [-0.39, 0.29) is 11.3 Å². The van der Waals surface area contributed by atoms with Gasteiger partial charge < -0.3 is 5.32 Å². The van der Waals surface area contributed by atoms with E-state index in [9.17, 15) is 23.7 Å². The van der Waals surface area contributed by atoms with Crippen molar-refractivity contribution >= 4 is 17.3 Å². The van der Waals surface area contributed by atoms with Crippen LogP contribution < -0.4 is 5.32 Å². The Hall–Kier alpha value is -2.83. The lowest BCUT2D eigenvalue weighted by molar-refractivity contribution is -0.385. The summed E-state index contributed by atoms with van der Waals surface area (Å²) in [5.41, 5.74) is -0.290. The van der Waals surface area contributed by atoms with Crippen molar-refractivity contribution in [1.29, 1.82) is 0 Å².